The quantitative estimate of drug-likeness (QED) is 0.313. The first-order valence-corrected chi connectivity index (χ1v) is 11.0. The monoisotopic (exact) mass is 452 g/mol. The van der Waals surface area contributed by atoms with Gasteiger partial charge < -0.3 is 18.1 Å². The first-order valence-electron chi connectivity index (χ1n) is 9.63. The maximum atomic E-state index is 12.7. The average molecular weight is 452 g/mol. The zero-order chi connectivity index (χ0) is 22.9. The molecule has 3 aromatic carbocycles. The topological polar surface area (TPSA) is 92.0 Å². The normalized spacial score (nSPS) is 11.3. The van der Waals surface area contributed by atoms with E-state index in [0.29, 0.717) is 39.2 Å². The van der Waals surface area contributed by atoms with E-state index >= 15 is 0 Å². The van der Waals surface area contributed by atoms with Crippen LogP contribution < -0.4 is 19.3 Å². The number of benzene rings is 3. The molecule has 164 valence electrons. The second kappa shape index (κ2) is 8.39. The number of fused-ring (bicyclic) bond motifs is 1. The molecule has 0 saturated carbocycles. The molecule has 4 aromatic rings. The standard InChI is InChI=1S/C24H20O7S/c1-15-19-14-17(31-32(26,27)18-7-5-4-6-8-18)10-12-20(19)30-24(25)23(15)16-9-11-21(28-2)22(13-16)29-3/h4-14H,1-3H3. The van der Waals surface area contributed by atoms with Crippen LogP contribution in [0.5, 0.6) is 17.2 Å². The van der Waals surface area contributed by atoms with Crippen molar-refractivity contribution in [3.05, 3.63) is 82.7 Å². The van der Waals surface area contributed by atoms with Gasteiger partial charge in [0.1, 0.15) is 16.2 Å². The summed E-state index contributed by atoms with van der Waals surface area (Å²) in [5.41, 5.74) is 1.33. The number of aryl methyl sites for hydroxylation is 1. The van der Waals surface area contributed by atoms with Gasteiger partial charge >= 0.3 is 15.7 Å². The van der Waals surface area contributed by atoms with Crippen LogP contribution in [-0.4, -0.2) is 22.6 Å². The molecule has 8 heteroatoms. The van der Waals surface area contributed by atoms with Crippen LogP contribution in [-0.2, 0) is 10.1 Å². The second-order valence-electron chi connectivity index (χ2n) is 6.97. The molecule has 4 rings (SSSR count). The van der Waals surface area contributed by atoms with Crippen LogP contribution in [0.25, 0.3) is 22.1 Å². The largest absolute Gasteiger partial charge is 0.493 e. The van der Waals surface area contributed by atoms with Gasteiger partial charge in [0.25, 0.3) is 0 Å². The molecule has 7 nitrogen and oxygen atoms in total. The zero-order valence-corrected chi connectivity index (χ0v) is 18.4. The molecule has 0 atom stereocenters. The third-order valence-electron chi connectivity index (χ3n) is 5.05. The van der Waals surface area contributed by atoms with E-state index < -0.39 is 15.7 Å². The first-order chi connectivity index (χ1) is 15.3. The summed E-state index contributed by atoms with van der Waals surface area (Å²) in [5.74, 6) is 1.10. The maximum absolute atomic E-state index is 12.7. The van der Waals surface area contributed by atoms with Gasteiger partial charge in [-0.25, -0.2) is 4.79 Å². The fourth-order valence-corrected chi connectivity index (χ4v) is 4.41. The number of ether oxygens (including phenoxy) is 2. The van der Waals surface area contributed by atoms with Crippen molar-refractivity contribution in [3.8, 4) is 28.4 Å². The molecular weight excluding hydrogens is 432 g/mol. The van der Waals surface area contributed by atoms with Crippen molar-refractivity contribution in [3.63, 3.8) is 0 Å². The minimum Gasteiger partial charge on any atom is -0.493 e. The highest BCUT2D eigenvalue weighted by Crippen LogP contribution is 2.35. The predicted molar refractivity (Wildman–Crippen MR) is 120 cm³/mol. The van der Waals surface area contributed by atoms with Gasteiger partial charge in [0.15, 0.2) is 11.5 Å². The smallest absolute Gasteiger partial charge is 0.344 e. The van der Waals surface area contributed by atoms with Crippen LogP contribution >= 0.6 is 0 Å². The zero-order valence-electron chi connectivity index (χ0n) is 17.6. The number of hydrogen-bond donors (Lipinski definition) is 0. The van der Waals surface area contributed by atoms with Gasteiger partial charge in [-0.2, -0.15) is 8.42 Å². The summed E-state index contributed by atoms with van der Waals surface area (Å²) in [5, 5.41) is 0.551. The summed E-state index contributed by atoms with van der Waals surface area (Å²) in [6.45, 7) is 1.76. The highest BCUT2D eigenvalue weighted by molar-refractivity contribution is 7.87. The lowest BCUT2D eigenvalue weighted by Crippen LogP contribution is -2.10. The number of rotatable bonds is 6. The second-order valence-corrected chi connectivity index (χ2v) is 8.51. The van der Waals surface area contributed by atoms with Crippen LogP contribution in [0.4, 0.5) is 0 Å². The third kappa shape index (κ3) is 3.92. The lowest BCUT2D eigenvalue weighted by molar-refractivity contribution is 0.355. The van der Waals surface area contributed by atoms with Crippen LogP contribution in [0.2, 0.25) is 0 Å². The van der Waals surface area contributed by atoms with Crippen molar-refractivity contribution in [1.29, 1.82) is 0 Å². The molecular formula is C24H20O7S. The Morgan fingerprint density at radius 1 is 0.844 bits per heavy atom. The van der Waals surface area contributed by atoms with E-state index in [9.17, 15) is 13.2 Å². The highest BCUT2D eigenvalue weighted by Gasteiger charge is 2.19. The molecule has 0 amide bonds. The first kappa shape index (κ1) is 21.5. The Kier molecular flexibility index (Phi) is 5.63. The SMILES string of the molecule is COc1ccc(-c2c(C)c3cc(OS(=O)(=O)c4ccccc4)ccc3oc2=O)cc1OC. The Morgan fingerprint density at radius 2 is 1.56 bits per heavy atom. The van der Waals surface area contributed by atoms with E-state index in [1.165, 1.54) is 38.5 Å². The third-order valence-corrected chi connectivity index (χ3v) is 6.31. The van der Waals surface area contributed by atoms with Crippen LogP contribution in [0.1, 0.15) is 5.56 Å². The molecule has 0 aliphatic rings. The van der Waals surface area contributed by atoms with Gasteiger partial charge in [-0.15, -0.1) is 0 Å². The van der Waals surface area contributed by atoms with Crippen molar-refractivity contribution in [1.82, 2.24) is 0 Å². The summed E-state index contributed by atoms with van der Waals surface area (Å²) < 4.78 is 46.5. The van der Waals surface area contributed by atoms with Crippen molar-refractivity contribution < 1.29 is 26.5 Å². The average Bonchev–Trinajstić information content (AvgIpc) is 2.80. The molecule has 0 aliphatic heterocycles. The molecule has 0 aliphatic carbocycles. The molecule has 0 spiro atoms. The molecule has 0 N–H and O–H groups in total. The summed E-state index contributed by atoms with van der Waals surface area (Å²) in [6, 6.07) is 17.5. The minimum atomic E-state index is -4.00. The maximum Gasteiger partial charge on any atom is 0.344 e. The molecule has 0 fully saturated rings. The van der Waals surface area contributed by atoms with Crippen molar-refractivity contribution >= 4 is 21.1 Å². The molecule has 0 bridgehead atoms. The minimum absolute atomic E-state index is 0.0439. The molecule has 0 saturated heterocycles. The van der Waals surface area contributed by atoms with E-state index in [4.69, 9.17) is 18.1 Å². The number of hydrogen-bond acceptors (Lipinski definition) is 7. The van der Waals surface area contributed by atoms with E-state index in [2.05, 4.69) is 0 Å². The molecule has 1 heterocycles. The van der Waals surface area contributed by atoms with Gasteiger partial charge in [-0.3, -0.25) is 0 Å². The molecule has 32 heavy (non-hydrogen) atoms. The van der Waals surface area contributed by atoms with E-state index in [1.807, 2.05) is 0 Å². The Hall–Kier alpha value is -3.78. The van der Waals surface area contributed by atoms with Gasteiger partial charge in [0.05, 0.1) is 19.8 Å². The fourth-order valence-electron chi connectivity index (χ4n) is 3.47. The van der Waals surface area contributed by atoms with Gasteiger partial charge in [0, 0.05) is 5.39 Å². The summed E-state index contributed by atoms with van der Waals surface area (Å²) >= 11 is 0. The fraction of sp³-hybridized carbons (Fsp3) is 0.125. The van der Waals surface area contributed by atoms with Crippen molar-refractivity contribution in [2.24, 2.45) is 0 Å². The van der Waals surface area contributed by atoms with Gasteiger partial charge in [0.2, 0.25) is 0 Å². The predicted octanol–water partition coefficient (Wildman–Crippen LogP) is 4.55. The van der Waals surface area contributed by atoms with Crippen LogP contribution in [0, 0.1) is 6.92 Å². The van der Waals surface area contributed by atoms with Crippen molar-refractivity contribution in [2.45, 2.75) is 11.8 Å². The lowest BCUT2D eigenvalue weighted by atomic mass is 9.99. The number of methoxy groups -OCH3 is 2. The highest BCUT2D eigenvalue weighted by atomic mass is 32.2. The van der Waals surface area contributed by atoms with Gasteiger partial charge in [-0.1, -0.05) is 24.3 Å². The summed E-state index contributed by atoms with van der Waals surface area (Å²) in [7, 11) is -0.971. The summed E-state index contributed by atoms with van der Waals surface area (Å²) in [6.07, 6.45) is 0. The van der Waals surface area contributed by atoms with E-state index in [0.717, 1.165) is 0 Å². The van der Waals surface area contributed by atoms with Crippen LogP contribution in [0.3, 0.4) is 0 Å². The van der Waals surface area contributed by atoms with E-state index in [-0.39, 0.29) is 10.6 Å². The molecule has 1 aromatic heterocycles. The molecule has 0 unspecified atom stereocenters. The molecule has 0 radical (unpaired) electrons. The Balaban J connectivity index is 1.82. The Labute approximate surface area is 184 Å². The van der Waals surface area contributed by atoms with Crippen molar-refractivity contribution in [2.75, 3.05) is 14.2 Å². The van der Waals surface area contributed by atoms with Crippen LogP contribution in [0.15, 0.2) is 80.8 Å². The Morgan fingerprint density at radius 3 is 2.25 bits per heavy atom. The Bertz CT molecular complexity index is 1460. The summed E-state index contributed by atoms with van der Waals surface area (Å²) in [4.78, 5) is 12.8. The van der Waals surface area contributed by atoms with Gasteiger partial charge in [-0.05, 0) is 60.5 Å². The lowest BCUT2D eigenvalue weighted by Gasteiger charge is -2.12. The van der Waals surface area contributed by atoms with E-state index in [1.54, 1.807) is 49.4 Å².